The fourth-order valence-electron chi connectivity index (χ4n) is 1.66. The third-order valence-corrected chi connectivity index (χ3v) is 2.46. The minimum atomic E-state index is -0.870. The fourth-order valence-corrected chi connectivity index (χ4v) is 1.66. The van der Waals surface area contributed by atoms with Crippen molar-refractivity contribution in [1.29, 1.82) is 0 Å². The maximum Gasteiger partial charge on any atom is 0.0994 e. The van der Waals surface area contributed by atoms with Gasteiger partial charge in [0.05, 0.1) is 12.2 Å². The Hall–Kier alpha value is -0.900. The van der Waals surface area contributed by atoms with Gasteiger partial charge in [-0.2, -0.15) is 0 Å². The van der Waals surface area contributed by atoms with E-state index in [4.69, 9.17) is 5.11 Å². The van der Waals surface area contributed by atoms with Crippen LogP contribution in [0, 0.1) is 0 Å². The van der Waals surface area contributed by atoms with Crippen LogP contribution in [-0.2, 0) is 5.60 Å². The minimum absolute atomic E-state index is 0.112. The van der Waals surface area contributed by atoms with Crippen LogP contribution in [0.1, 0.15) is 12.5 Å². The minimum Gasteiger partial charge on any atom is -0.395 e. The van der Waals surface area contributed by atoms with Crippen LogP contribution in [0.5, 0.6) is 0 Å². The molecule has 0 aliphatic heterocycles. The number of nitrogens with zero attached hydrogens (tertiary/aromatic N) is 1. The van der Waals surface area contributed by atoms with E-state index in [-0.39, 0.29) is 6.61 Å². The Morgan fingerprint density at radius 3 is 2.40 bits per heavy atom. The molecule has 84 valence electrons. The second-order valence-electron chi connectivity index (χ2n) is 4.10. The van der Waals surface area contributed by atoms with Crippen LogP contribution in [-0.4, -0.2) is 41.9 Å². The van der Waals surface area contributed by atoms with Gasteiger partial charge >= 0.3 is 0 Å². The average Bonchev–Trinajstić information content (AvgIpc) is 2.18. The summed E-state index contributed by atoms with van der Waals surface area (Å²) in [7, 11) is 1.88. The largest absolute Gasteiger partial charge is 0.395 e. The first-order valence-electron chi connectivity index (χ1n) is 5.13. The molecular formula is C12H19NO2. The van der Waals surface area contributed by atoms with E-state index in [0.29, 0.717) is 13.1 Å². The molecule has 0 aliphatic carbocycles. The highest BCUT2D eigenvalue weighted by atomic mass is 16.3. The van der Waals surface area contributed by atoms with E-state index in [1.807, 2.05) is 42.3 Å². The molecule has 0 radical (unpaired) electrons. The lowest BCUT2D eigenvalue weighted by molar-refractivity contribution is 0.0197. The van der Waals surface area contributed by atoms with Crippen molar-refractivity contribution in [2.45, 2.75) is 12.5 Å². The number of benzene rings is 1. The first kappa shape index (κ1) is 12.2. The molecule has 15 heavy (non-hydrogen) atoms. The molecule has 0 aliphatic rings. The van der Waals surface area contributed by atoms with Crippen molar-refractivity contribution >= 4 is 0 Å². The fraction of sp³-hybridized carbons (Fsp3) is 0.500. The van der Waals surface area contributed by atoms with Gasteiger partial charge in [0.1, 0.15) is 0 Å². The average molecular weight is 209 g/mol. The summed E-state index contributed by atoms with van der Waals surface area (Å²) in [5.74, 6) is 0. The second kappa shape index (κ2) is 5.26. The lowest BCUT2D eigenvalue weighted by Crippen LogP contribution is -2.37. The van der Waals surface area contributed by atoms with Gasteiger partial charge in [0, 0.05) is 13.1 Å². The standard InChI is InChI=1S/C12H19NO2/c1-12(15,10-13(2)8-9-14)11-6-4-3-5-7-11/h3-7,14-15H,8-10H2,1-2H3. The number of aliphatic hydroxyl groups is 2. The Labute approximate surface area is 91.0 Å². The summed E-state index contributed by atoms with van der Waals surface area (Å²) in [6.07, 6.45) is 0. The molecule has 0 aromatic heterocycles. The SMILES string of the molecule is CN(CCO)CC(C)(O)c1ccccc1. The van der Waals surface area contributed by atoms with E-state index >= 15 is 0 Å². The van der Waals surface area contributed by atoms with E-state index in [1.165, 1.54) is 0 Å². The van der Waals surface area contributed by atoms with Crippen LogP contribution in [0.2, 0.25) is 0 Å². The summed E-state index contributed by atoms with van der Waals surface area (Å²) >= 11 is 0. The molecular weight excluding hydrogens is 190 g/mol. The van der Waals surface area contributed by atoms with Crippen LogP contribution in [0.25, 0.3) is 0 Å². The lowest BCUT2D eigenvalue weighted by atomic mass is 9.95. The predicted octanol–water partition coefficient (Wildman–Crippen LogP) is 0.818. The Morgan fingerprint density at radius 1 is 1.27 bits per heavy atom. The highest BCUT2D eigenvalue weighted by Crippen LogP contribution is 2.20. The van der Waals surface area contributed by atoms with Crippen LogP contribution < -0.4 is 0 Å². The first-order valence-corrected chi connectivity index (χ1v) is 5.13. The highest BCUT2D eigenvalue weighted by molar-refractivity contribution is 5.21. The van der Waals surface area contributed by atoms with Gasteiger partial charge in [-0.25, -0.2) is 0 Å². The van der Waals surface area contributed by atoms with Crippen molar-refractivity contribution in [3.63, 3.8) is 0 Å². The van der Waals surface area contributed by atoms with E-state index in [0.717, 1.165) is 5.56 Å². The predicted molar refractivity (Wildman–Crippen MR) is 60.6 cm³/mol. The second-order valence-corrected chi connectivity index (χ2v) is 4.10. The summed E-state index contributed by atoms with van der Waals surface area (Å²) in [6.45, 7) is 2.98. The zero-order chi connectivity index (χ0) is 11.3. The van der Waals surface area contributed by atoms with Gasteiger partial charge in [-0.1, -0.05) is 30.3 Å². The van der Waals surface area contributed by atoms with Crippen molar-refractivity contribution in [1.82, 2.24) is 4.90 Å². The Bertz CT molecular complexity index is 285. The molecule has 1 rings (SSSR count). The van der Waals surface area contributed by atoms with Gasteiger partial charge < -0.3 is 15.1 Å². The molecule has 0 saturated carbocycles. The van der Waals surface area contributed by atoms with Crippen molar-refractivity contribution in [3.05, 3.63) is 35.9 Å². The van der Waals surface area contributed by atoms with Crippen LogP contribution in [0.4, 0.5) is 0 Å². The van der Waals surface area contributed by atoms with E-state index in [9.17, 15) is 5.11 Å². The van der Waals surface area contributed by atoms with Gasteiger partial charge in [-0.05, 0) is 19.5 Å². The molecule has 0 amide bonds. The summed E-state index contributed by atoms with van der Waals surface area (Å²) in [4.78, 5) is 1.91. The van der Waals surface area contributed by atoms with E-state index in [2.05, 4.69) is 0 Å². The van der Waals surface area contributed by atoms with Crippen molar-refractivity contribution in [2.75, 3.05) is 26.7 Å². The quantitative estimate of drug-likeness (QED) is 0.754. The van der Waals surface area contributed by atoms with Crippen molar-refractivity contribution in [3.8, 4) is 0 Å². The molecule has 1 aromatic rings. The summed E-state index contributed by atoms with van der Waals surface area (Å²) in [5, 5.41) is 19.0. The topological polar surface area (TPSA) is 43.7 Å². The van der Waals surface area contributed by atoms with Crippen LogP contribution in [0.3, 0.4) is 0 Å². The highest BCUT2D eigenvalue weighted by Gasteiger charge is 2.24. The molecule has 0 heterocycles. The molecule has 0 fully saturated rings. The van der Waals surface area contributed by atoms with Crippen molar-refractivity contribution < 1.29 is 10.2 Å². The van der Waals surface area contributed by atoms with E-state index in [1.54, 1.807) is 6.92 Å². The third-order valence-electron chi connectivity index (χ3n) is 2.46. The number of aliphatic hydroxyl groups excluding tert-OH is 1. The van der Waals surface area contributed by atoms with Gasteiger partial charge in [0.15, 0.2) is 0 Å². The third kappa shape index (κ3) is 3.63. The first-order chi connectivity index (χ1) is 7.06. The molecule has 1 atom stereocenters. The smallest absolute Gasteiger partial charge is 0.0994 e. The van der Waals surface area contributed by atoms with Gasteiger partial charge in [0.25, 0.3) is 0 Å². The molecule has 1 aromatic carbocycles. The molecule has 3 nitrogen and oxygen atoms in total. The normalized spacial score (nSPS) is 15.3. The Kier molecular flexibility index (Phi) is 4.27. The zero-order valence-electron chi connectivity index (χ0n) is 9.35. The van der Waals surface area contributed by atoms with Gasteiger partial charge in [-0.3, -0.25) is 0 Å². The van der Waals surface area contributed by atoms with E-state index < -0.39 is 5.60 Å². The molecule has 1 unspecified atom stereocenters. The van der Waals surface area contributed by atoms with Crippen LogP contribution >= 0.6 is 0 Å². The number of hydrogen-bond acceptors (Lipinski definition) is 3. The van der Waals surface area contributed by atoms with Crippen molar-refractivity contribution in [2.24, 2.45) is 0 Å². The Morgan fingerprint density at radius 2 is 1.87 bits per heavy atom. The van der Waals surface area contributed by atoms with Gasteiger partial charge in [0.2, 0.25) is 0 Å². The van der Waals surface area contributed by atoms with Crippen LogP contribution in [0.15, 0.2) is 30.3 Å². The number of rotatable bonds is 5. The number of hydrogen-bond donors (Lipinski definition) is 2. The molecule has 0 bridgehead atoms. The lowest BCUT2D eigenvalue weighted by Gasteiger charge is -2.29. The maximum absolute atomic E-state index is 10.3. The zero-order valence-corrected chi connectivity index (χ0v) is 9.35. The maximum atomic E-state index is 10.3. The molecule has 3 heteroatoms. The monoisotopic (exact) mass is 209 g/mol. The van der Waals surface area contributed by atoms with Gasteiger partial charge in [-0.15, -0.1) is 0 Å². The molecule has 2 N–H and O–H groups in total. The summed E-state index contributed by atoms with van der Waals surface area (Å²) in [6, 6.07) is 9.57. The molecule has 0 saturated heterocycles. The number of likely N-dealkylation sites (N-methyl/N-ethyl adjacent to an activating group) is 1. The summed E-state index contributed by atoms with van der Waals surface area (Å²) in [5.41, 5.74) is 0.0281. The Balaban J connectivity index is 2.67. The summed E-state index contributed by atoms with van der Waals surface area (Å²) < 4.78 is 0. The molecule has 0 spiro atoms.